The average molecular weight is 731 g/mol. The molecule has 0 unspecified atom stereocenters. The Morgan fingerprint density at radius 3 is 2.79 bits per heavy atom. The van der Waals surface area contributed by atoms with Crippen molar-refractivity contribution >= 4 is 28.2 Å². The molecule has 7 rings (SSSR count). The Morgan fingerprint density at radius 1 is 1.26 bits per heavy atom. The highest BCUT2D eigenvalue weighted by Gasteiger charge is 2.52. The molecule has 3 fully saturated rings. The normalized spacial score (nSPS) is 24.2. The molecule has 2 N–H and O–H groups in total. The van der Waals surface area contributed by atoms with Gasteiger partial charge in [-0.25, -0.2) is 8.78 Å². The molecule has 2 aromatic carbocycles. The highest BCUT2D eigenvalue weighted by molar-refractivity contribution is 6.00. The first-order chi connectivity index (χ1) is 25.5. The number of phenolic OH excluding ortho intramolecular Hbond substituents is 1. The Balaban J connectivity index is 1.25. The smallest absolute Gasteiger partial charge is 0.318 e. The van der Waals surface area contributed by atoms with Crippen molar-refractivity contribution in [3.63, 3.8) is 0 Å². The van der Waals surface area contributed by atoms with E-state index in [9.17, 15) is 19.4 Å². The Labute approximate surface area is 309 Å². The van der Waals surface area contributed by atoms with Gasteiger partial charge < -0.3 is 34.4 Å². The Kier molecular flexibility index (Phi) is 10.5. The molecule has 3 saturated heterocycles. The molecule has 0 aliphatic carbocycles. The largest absolute Gasteiger partial charge is 0.508 e. The maximum Gasteiger partial charge on any atom is 0.318 e. The van der Waals surface area contributed by atoms with E-state index in [0.717, 1.165) is 31.2 Å². The zero-order valence-electron chi connectivity index (χ0n) is 30.4. The Bertz CT molecular complexity index is 1910. The van der Waals surface area contributed by atoms with E-state index in [0.29, 0.717) is 67.2 Å². The SMILES string of the molecule is C#Cc1c(F)ccc2cc(O)cc(N3CCc4c(nc(OC[C@]5([C@H](C)O)C[C@@H](F)CN5C5CCOCC5)nc4N(C)C[C@@H]4CCCN4C(=O)C=C)C3)c12. The number of carbonyl (C=O) groups is 1. The average Bonchev–Trinajstić information content (AvgIpc) is 3.77. The number of aromatic hydroxyl groups is 1. The molecule has 5 heterocycles. The fourth-order valence-electron chi connectivity index (χ4n) is 8.94. The van der Waals surface area contributed by atoms with E-state index in [2.05, 4.69) is 17.4 Å². The maximum absolute atomic E-state index is 15.3. The molecule has 4 aliphatic heterocycles. The number of ether oxygens (including phenoxy) is 2. The van der Waals surface area contributed by atoms with E-state index < -0.39 is 23.6 Å². The highest BCUT2D eigenvalue weighted by atomic mass is 19.1. The maximum atomic E-state index is 15.3. The number of terminal acetylenes is 1. The third-order valence-electron chi connectivity index (χ3n) is 11.6. The molecule has 1 aromatic heterocycles. The fourth-order valence-corrected chi connectivity index (χ4v) is 8.94. The van der Waals surface area contributed by atoms with Crippen LogP contribution in [0.4, 0.5) is 20.3 Å². The van der Waals surface area contributed by atoms with Crippen molar-refractivity contribution in [2.75, 3.05) is 62.8 Å². The van der Waals surface area contributed by atoms with E-state index in [1.165, 1.54) is 12.1 Å². The first-order valence-electron chi connectivity index (χ1n) is 18.5. The number of halogens is 2. The quantitative estimate of drug-likeness (QED) is 0.231. The van der Waals surface area contributed by atoms with Gasteiger partial charge in [-0.1, -0.05) is 18.6 Å². The number of carbonyl (C=O) groups excluding carboxylic acids is 1. The molecular formula is C40H48F2N6O5. The van der Waals surface area contributed by atoms with Crippen molar-refractivity contribution in [2.45, 2.75) is 81.9 Å². The van der Waals surface area contributed by atoms with Gasteiger partial charge in [0.1, 0.15) is 30.2 Å². The van der Waals surface area contributed by atoms with Crippen LogP contribution in [0.1, 0.15) is 55.8 Å². The summed E-state index contributed by atoms with van der Waals surface area (Å²) in [4.78, 5) is 30.5. The zero-order chi connectivity index (χ0) is 37.4. The molecule has 1 amide bonds. The number of rotatable bonds is 10. The first-order valence-corrected chi connectivity index (χ1v) is 18.5. The lowest BCUT2D eigenvalue weighted by atomic mass is 9.88. The molecule has 4 atom stereocenters. The summed E-state index contributed by atoms with van der Waals surface area (Å²) in [6.45, 7) is 8.66. The molecule has 282 valence electrons. The lowest BCUT2D eigenvalue weighted by Gasteiger charge is -2.45. The number of alkyl halides is 1. The molecule has 11 nitrogen and oxygen atoms in total. The zero-order valence-corrected chi connectivity index (χ0v) is 30.4. The van der Waals surface area contributed by atoms with Crippen LogP contribution >= 0.6 is 0 Å². The number of hydrogen-bond acceptors (Lipinski definition) is 10. The highest BCUT2D eigenvalue weighted by Crippen LogP contribution is 2.41. The second-order valence-corrected chi connectivity index (χ2v) is 14.8. The van der Waals surface area contributed by atoms with Gasteiger partial charge in [0.05, 0.1) is 29.4 Å². The van der Waals surface area contributed by atoms with E-state index in [1.54, 1.807) is 25.1 Å². The molecule has 53 heavy (non-hydrogen) atoms. The first kappa shape index (κ1) is 36.8. The molecule has 13 heteroatoms. The monoisotopic (exact) mass is 730 g/mol. The molecule has 0 radical (unpaired) electrons. The summed E-state index contributed by atoms with van der Waals surface area (Å²) in [7, 11) is 1.94. The number of phenols is 1. The number of aromatic nitrogens is 2. The predicted octanol–water partition coefficient (Wildman–Crippen LogP) is 4.35. The summed E-state index contributed by atoms with van der Waals surface area (Å²) in [5.41, 5.74) is 1.28. The van der Waals surface area contributed by atoms with Crippen LogP contribution in [-0.4, -0.2) is 119 Å². The second-order valence-electron chi connectivity index (χ2n) is 14.8. The number of likely N-dealkylation sites (tertiary alicyclic amines) is 2. The van der Waals surface area contributed by atoms with E-state index in [-0.39, 0.29) is 61.4 Å². The summed E-state index contributed by atoms with van der Waals surface area (Å²) in [5.74, 6) is 2.55. The van der Waals surface area contributed by atoms with Gasteiger partial charge in [0, 0.05) is 87.6 Å². The Hall–Kier alpha value is -4.51. The van der Waals surface area contributed by atoms with E-state index in [4.69, 9.17) is 25.9 Å². The molecular weight excluding hydrogens is 682 g/mol. The summed E-state index contributed by atoms with van der Waals surface area (Å²) in [5, 5.41) is 23.1. The van der Waals surface area contributed by atoms with Crippen molar-refractivity contribution in [3.8, 4) is 24.1 Å². The van der Waals surface area contributed by atoms with Gasteiger partial charge in [-0.2, -0.15) is 9.97 Å². The molecule has 0 bridgehead atoms. The third-order valence-corrected chi connectivity index (χ3v) is 11.6. The van der Waals surface area contributed by atoms with Gasteiger partial charge >= 0.3 is 6.01 Å². The number of likely N-dealkylation sites (N-methyl/N-ethyl adjacent to an activating group) is 1. The minimum Gasteiger partial charge on any atom is -0.508 e. The third kappa shape index (κ3) is 7.00. The van der Waals surface area contributed by atoms with Gasteiger partial charge in [-0.15, -0.1) is 6.42 Å². The molecule has 4 aliphatic rings. The van der Waals surface area contributed by atoms with Gasteiger partial charge in [-0.3, -0.25) is 9.69 Å². The number of nitrogens with zero attached hydrogens (tertiary/aromatic N) is 6. The number of aliphatic hydroxyl groups is 1. The van der Waals surface area contributed by atoms with Crippen LogP contribution in [0.3, 0.4) is 0 Å². The van der Waals surface area contributed by atoms with Crippen molar-refractivity contribution in [1.29, 1.82) is 0 Å². The number of hydrogen-bond donors (Lipinski definition) is 2. The van der Waals surface area contributed by atoms with Crippen LogP contribution in [-0.2, 0) is 22.5 Å². The molecule has 3 aromatic rings. The molecule has 0 spiro atoms. The number of amides is 1. The minimum atomic E-state index is -1.13. The van der Waals surface area contributed by atoms with Gasteiger partial charge in [0.15, 0.2) is 0 Å². The summed E-state index contributed by atoms with van der Waals surface area (Å²) < 4.78 is 42.3. The van der Waals surface area contributed by atoms with E-state index >= 15 is 4.39 Å². The number of benzene rings is 2. The van der Waals surface area contributed by atoms with Crippen LogP contribution in [0, 0.1) is 18.2 Å². The van der Waals surface area contributed by atoms with Crippen molar-refractivity contribution in [3.05, 3.63) is 59.6 Å². The summed E-state index contributed by atoms with van der Waals surface area (Å²) >= 11 is 0. The van der Waals surface area contributed by atoms with Crippen LogP contribution < -0.4 is 14.5 Å². The van der Waals surface area contributed by atoms with Crippen LogP contribution in [0.25, 0.3) is 10.8 Å². The number of aliphatic hydroxyl groups excluding tert-OH is 1. The van der Waals surface area contributed by atoms with Gasteiger partial charge in [0.2, 0.25) is 5.91 Å². The van der Waals surface area contributed by atoms with E-state index in [1.807, 2.05) is 21.7 Å². The topological polar surface area (TPSA) is 115 Å². The lowest BCUT2D eigenvalue weighted by molar-refractivity contribution is -0.126. The van der Waals surface area contributed by atoms with Gasteiger partial charge in [-0.05, 0) is 62.6 Å². The predicted molar refractivity (Wildman–Crippen MR) is 198 cm³/mol. The Morgan fingerprint density at radius 2 is 2.06 bits per heavy atom. The van der Waals surface area contributed by atoms with Crippen LogP contribution in [0.15, 0.2) is 36.9 Å². The standard InChI is InChI=1S/C40H48F2N6O5/c1-5-31-33(42)10-9-26-18-30(50)19-35(37(26)31)46-15-11-32-34(23-46)43-39(44-38(32)45(4)22-29-8-7-14-47(29)36(51)6-2)53-24-40(25(3)49)20-27(41)21-48(40)28-12-16-52-17-13-28/h1,6,9-10,18-19,25,27-29,49-50H,2,7-8,11-17,20-24H2,3-4H3/t25-,27+,29-,40-/m0/s1. The van der Waals surface area contributed by atoms with Crippen molar-refractivity contribution < 1.29 is 33.3 Å². The second kappa shape index (κ2) is 15.1. The lowest BCUT2D eigenvalue weighted by Crippen LogP contribution is -2.60. The van der Waals surface area contributed by atoms with Gasteiger partial charge in [0.25, 0.3) is 0 Å². The molecule has 0 saturated carbocycles. The summed E-state index contributed by atoms with van der Waals surface area (Å²) in [6.07, 6.45) is 8.96. The van der Waals surface area contributed by atoms with Crippen molar-refractivity contribution in [2.24, 2.45) is 0 Å². The van der Waals surface area contributed by atoms with Crippen LogP contribution in [0.5, 0.6) is 11.8 Å². The summed E-state index contributed by atoms with van der Waals surface area (Å²) in [6, 6.07) is 6.15. The number of fused-ring (bicyclic) bond motifs is 2. The van der Waals surface area contributed by atoms with Crippen molar-refractivity contribution in [1.82, 2.24) is 19.8 Å². The number of anilines is 2. The fraction of sp³-hybridized carbons (Fsp3) is 0.525. The minimum absolute atomic E-state index is 0.0235. The van der Waals surface area contributed by atoms with Crippen LogP contribution in [0.2, 0.25) is 0 Å².